The highest BCUT2D eigenvalue weighted by Crippen LogP contribution is 2.29. The van der Waals surface area contributed by atoms with Gasteiger partial charge in [-0.05, 0) is 58.4 Å². The number of nitrogens with one attached hydrogen (secondary N) is 1. The number of amidine groups is 1. The van der Waals surface area contributed by atoms with Crippen molar-refractivity contribution in [2.75, 3.05) is 7.11 Å². The van der Waals surface area contributed by atoms with Crippen LogP contribution in [0.15, 0.2) is 76.6 Å². The zero-order valence-corrected chi connectivity index (χ0v) is 15.8. The van der Waals surface area contributed by atoms with Crippen molar-refractivity contribution in [2.24, 2.45) is 4.99 Å². The van der Waals surface area contributed by atoms with Crippen LogP contribution in [0.3, 0.4) is 0 Å². The van der Waals surface area contributed by atoms with Crippen LogP contribution in [0.1, 0.15) is 15.9 Å². The Morgan fingerprint density at radius 2 is 1.79 bits per heavy atom. The monoisotopic (exact) mass is 388 g/mol. The van der Waals surface area contributed by atoms with Gasteiger partial charge in [0.25, 0.3) is 5.91 Å². The number of thioether (sulfide) groups is 1. The molecule has 1 aliphatic rings. The van der Waals surface area contributed by atoms with Crippen molar-refractivity contribution in [3.05, 3.63) is 82.8 Å². The smallest absolute Gasteiger partial charge is 0.337 e. The molecule has 1 fully saturated rings. The summed E-state index contributed by atoms with van der Waals surface area (Å²) >= 11 is 1.29. The van der Waals surface area contributed by atoms with Gasteiger partial charge in [-0.25, -0.2) is 9.79 Å². The summed E-state index contributed by atoms with van der Waals surface area (Å²) in [5, 5.41) is 5.57. The molecular formula is C22H16N2O3S. The minimum atomic E-state index is -0.392. The zero-order chi connectivity index (χ0) is 19.5. The van der Waals surface area contributed by atoms with Crippen LogP contribution in [0.5, 0.6) is 0 Å². The number of benzene rings is 3. The van der Waals surface area contributed by atoms with E-state index in [2.05, 4.69) is 15.0 Å². The lowest BCUT2D eigenvalue weighted by Gasteiger charge is -2.00. The third-order valence-corrected chi connectivity index (χ3v) is 5.15. The molecule has 3 aromatic rings. The predicted octanol–water partition coefficient (Wildman–Crippen LogP) is 4.52. The first-order chi connectivity index (χ1) is 13.6. The molecule has 0 bridgehead atoms. The third kappa shape index (κ3) is 3.82. The summed E-state index contributed by atoms with van der Waals surface area (Å²) in [7, 11) is 1.34. The molecule has 138 valence electrons. The Labute approximate surface area is 166 Å². The highest BCUT2D eigenvalue weighted by Gasteiger charge is 2.23. The number of carbonyl (C=O) groups is 2. The summed E-state index contributed by atoms with van der Waals surface area (Å²) in [6.07, 6.45) is 1.77. The van der Waals surface area contributed by atoms with Gasteiger partial charge in [-0.2, -0.15) is 0 Å². The number of carbonyl (C=O) groups excluding carboxylic acids is 2. The molecule has 4 rings (SSSR count). The van der Waals surface area contributed by atoms with Crippen molar-refractivity contribution >= 4 is 51.3 Å². The second-order valence-corrected chi connectivity index (χ2v) is 7.16. The van der Waals surface area contributed by atoms with E-state index < -0.39 is 5.97 Å². The number of aliphatic imine (C=N–C) groups is 1. The molecule has 1 heterocycles. The second kappa shape index (κ2) is 7.70. The van der Waals surface area contributed by atoms with E-state index in [0.717, 1.165) is 22.0 Å². The lowest BCUT2D eigenvalue weighted by Crippen LogP contribution is -2.19. The van der Waals surface area contributed by atoms with Crippen LogP contribution in [-0.2, 0) is 9.53 Å². The lowest BCUT2D eigenvalue weighted by atomic mass is 10.1. The van der Waals surface area contributed by atoms with E-state index in [-0.39, 0.29) is 5.91 Å². The Bertz CT molecular complexity index is 1130. The molecule has 1 amide bonds. The first-order valence-corrected chi connectivity index (χ1v) is 9.41. The molecule has 0 atom stereocenters. The fourth-order valence-corrected chi connectivity index (χ4v) is 3.67. The number of methoxy groups -OCH3 is 1. The van der Waals surface area contributed by atoms with Crippen molar-refractivity contribution in [1.29, 1.82) is 0 Å². The fraction of sp³-hybridized carbons (Fsp3) is 0.0455. The number of fused-ring (bicyclic) bond motifs is 1. The zero-order valence-electron chi connectivity index (χ0n) is 15.0. The Balaban J connectivity index is 1.55. The number of ether oxygens (including phenoxy) is 1. The van der Waals surface area contributed by atoms with E-state index in [1.165, 1.54) is 18.9 Å². The Hall–Kier alpha value is -3.38. The largest absolute Gasteiger partial charge is 0.465 e. The highest BCUT2D eigenvalue weighted by atomic mass is 32.2. The normalized spacial score (nSPS) is 16.5. The maximum absolute atomic E-state index is 12.3. The van der Waals surface area contributed by atoms with E-state index in [9.17, 15) is 9.59 Å². The molecule has 0 spiro atoms. The van der Waals surface area contributed by atoms with Gasteiger partial charge in [-0.15, -0.1) is 0 Å². The van der Waals surface area contributed by atoms with Gasteiger partial charge in [0.2, 0.25) is 0 Å². The van der Waals surface area contributed by atoms with Crippen molar-refractivity contribution in [3.8, 4) is 0 Å². The first kappa shape index (κ1) is 18.0. The quantitative estimate of drug-likeness (QED) is 0.529. The average molecular weight is 388 g/mol. The van der Waals surface area contributed by atoms with Crippen LogP contribution < -0.4 is 5.32 Å². The number of esters is 1. The van der Waals surface area contributed by atoms with E-state index in [1.54, 1.807) is 30.3 Å². The number of hydrogen-bond acceptors (Lipinski definition) is 5. The third-order valence-electron chi connectivity index (χ3n) is 4.24. The van der Waals surface area contributed by atoms with Crippen molar-refractivity contribution in [3.63, 3.8) is 0 Å². The molecule has 3 aromatic carbocycles. The Kier molecular flexibility index (Phi) is 4.95. The number of amides is 1. The van der Waals surface area contributed by atoms with Crippen molar-refractivity contribution < 1.29 is 14.3 Å². The molecule has 6 heteroatoms. The predicted molar refractivity (Wildman–Crippen MR) is 113 cm³/mol. The first-order valence-electron chi connectivity index (χ1n) is 8.59. The lowest BCUT2D eigenvalue weighted by molar-refractivity contribution is -0.115. The van der Waals surface area contributed by atoms with E-state index in [0.29, 0.717) is 15.6 Å². The van der Waals surface area contributed by atoms with Crippen LogP contribution >= 0.6 is 11.8 Å². The van der Waals surface area contributed by atoms with Crippen molar-refractivity contribution in [2.45, 2.75) is 0 Å². The SMILES string of the molecule is COC(=O)c1ccc(C=C2SC(=Nc3ccc4ccccc4c3)NC2=O)cc1. The Morgan fingerprint density at radius 1 is 1.04 bits per heavy atom. The molecule has 1 N–H and O–H groups in total. The van der Waals surface area contributed by atoms with Gasteiger partial charge in [0.05, 0.1) is 23.3 Å². The van der Waals surface area contributed by atoms with Crippen LogP contribution in [0.4, 0.5) is 5.69 Å². The topological polar surface area (TPSA) is 67.8 Å². The van der Waals surface area contributed by atoms with Crippen molar-refractivity contribution in [1.82, 2.24) is 5.32 Å². The number of rotatable bonds is 3. The molecule has 0 unspecified atom stereocenters. The summed E-state index contributed by atoms with van der Waals surface area (Å²) in [5.41, 5.74) is 2.06. The minimum absolute atomic E-state index is 0.193. The van der Waals surface area contributed by atoms with E-state index in [1.807, 2.05) is 42.5 Å². The molecular weight excluding hydrogens is 372 g/mol. The van der Waals surface area contributed by atoms with E-state index in [4.69, 9.17) is 0 Å². The molecule has 1 aliphatic heterocycles. The standard InChI is InChI=1S/C22H16N2O3S/c1-27-21(26)16-8-6-14(7-9-16)12-19-20(25)24-22(28-19)23-18-11-10-15-4-2-3-5-17(15)13-18/h2-13H,1H3,(H,23,24,25). The molecule has 0 radical (unpaired) electrons. The van der Waals surface area contributed by atoms with Crippen LogP contribution in [0.25, 0.3) is 16.8 Å². The minimum Gasteiger partial charge on any atom is -0.465 e. The highest BCUT2D eigenvalue weighted by molar-refractivity contribution is 8.18. The summed E-state index contributed by atoms with van der Waals surface area (Å²) in [5.74, 6) is -0.585. The van der Waals surface area contributed by atoms with Crippen LogP contribution in [-0.4, -0.2) is 24.2 Å². The van der Waals surface area contributed by atoms with Crippen LogP contribution in [0, 0.1) is 0 Å². The van der Waals surface area contributed by atoms with Gasteiger partial charge in [-0.1, -0.05) is 42.5 Å². The molecule has 5 nitrogen and oxygen atoms in total. The summed E-state index contributed by atoms with van der Waals surface area (Å²) in [6.45, 7) is 0. The summed E-state index contributed by atoms with van der Waals surface area (Å²) in [6, 6.07) is 20.9. The molecule has 28 heavy (non-hydrogen) atoms. The molecule has 0 aromatic heterocycles. The summed E-state index contributed by atoms with van der Waals surface area (Å²) < 4.78 is 4.69. The van der Waals surface area contributed by atoms with Gasteiger partial charge in [0, 0.05) is 0 Å². The average Bonchev–Trinajstić information content (AvgIpc) is 3.06. The van der Waals surface area contributed by atoms with E-state index >= 15 is 0 Å². The van der Waals surface area contributed by atoms with Gasteiger partial charge in [0.1, 0.15) is 0 Å². The maximum Gasteiger partial charge on any atom is 0.337 e. The molecule has 1 saturated heterocycles. The van der Waals surface area contributed by atoms with Crippen LogP contribution in [0.2, 0.25) is 0 Å². The fourth-order valence-electron chi connectivity index (χ4n) is 2.83. The number of hydrogen-bond donors (Lipinski definition) is 1. The Morgan fingerprint density at radius 3 is 2.54 bits per heavy atom. The summed E-state index contributed by atoms with van der Waals surface area (Å²) in [4.78, 5) is 28.8. The second-order valence-electron chi connectivity index (χ2n) is 6.13. The number of nitrogens with zero attached hydrogens (tertiary/aromatic N) is 1. The van der Waals surface area contributed by atoms with Gasteiger partial charge in [0.15, 0.2) is 5.17 Å². The molecule has 0 aliphatic carbocycles. The maximum atomic E-state index is 12.3. The van der Waals surface area contributed by atoms with Gasteiger partial charge < -0.3 is 10.1 Å². The molecule has 0 saturated carbocycles. The van der Waals surface area contributed by atoms with Gasteiger partial charge in [-0.3, -0.25) is 4.79 Å². The van der Waals surface area contributed by atoms with Gasteiger partial charge >= 0.3 is 5.97 Å².